The molecule has 0 aromatic heterocycles. The van der Waals surface area contributed by atoms with E-state index in [0.717, 1.165) is 6.92 Å². The Morgan fingerprint density at radius 1 is 0.950 bits per heavy atom. The van der Waals surface area contributed by atoms with Crippen LogP contribution in [0.2, 0.25) is 0 Å². The number of carbonyl (C=O) groups is 1. The molecule has 0 aliphatic carbocycles. The average Bonchev–Trinajstić information content (AvgIpc) is 2.17. The maximum atomic E-state index is 12.3. The maximum Gasteiger partial charge on any atom is 0.434 e. The van der Waals surface area contributed by atoms with Gasteiger partial charge >= 0.3 is 30.2 Å². The smallest absolute Gasteiger partial charge is 0.298 e. The predicted molar refractivity (Wildman–Crippen MR) is 44.7 cm³/mol. The summed E-state index contributed by atoms with van der Waals surface area (Å²) in [6.07, 6.45) is -22.8. The molecule has 0 fully saturated rings. The molecule has 1 amide bonds. The second-order valence-electron chi connectivity index (χ2n) is 3.11. The first-order chi connectivity index (χ1) is 8.70. The minimum Gasteiger partial charge on any atom is -0.298 e. The number of amides is 1. The number of halogens is 9. The molecule has 0 heterocycles. The molecule has 0 saturated heterocycles. The van der Waals surface area contributed by atoms with Crippen molar-refractivity contribution in [3.05, 3.63) is 0 Å². The molecule has 118 valence electrons. The normalized spacial score (nSPS) is 14.5. The Balaban J connectivity index is 5.87. The molecule has 0 spiro atoms. The van der Waals surface area contributed by atoms with Gasteiger partial charge in [-0.1, -0.05) is 5.16 Å². The summed E-state index contributed by atoms with van der Waals surface area (Å²) in [5, 5.41) is 2.20. The van der Waals surface area contributed by atoms with Crippen molar-refractivity contribution in [2.24, 2.45) is 5.16 Å². The lowest BCUT2D eigenvalue weighted by molar-refractivity contribution is -0.387. The summed E-state index contributed by atoms with van der Waals surface area (Å²) in [6.45, 7) is 1.04. The number of hydrogen-bond donors (Lipinski definition) is 1. The predicted octanol–water partition coefficient (Wildman–Crippen LogP) is 3.14. The average molecular weight is 320 g/mol. The number of nitrogens with one attached hydrogen (secondary N) is 1. The molecular formula is C7H5F9N2O2. The fourth-order valence-corrected chi connectivity index (χ4v) is 0.971. The highest BCUT2D eigenvalue weighted by Crippen LogP contribution is 2.52. The van der Waals surface area contributed by atoms with Crippen molar-refractivity contribution in [3.8, 4) is 0 Å². The Morgan fingerprint density at radius 2 is 1.30 bits per heavy atom. The van der Waals surface area contributed by atoms with Crippen LogP contribution in [-0.2, 0) is 4.84 Å². The first-order valence-electron chi connectivity index (χ1n) is 4.38. The first kappa shape index (κ1) is 18.3. The van der Waals surface area contributed by atoms with Crippen molar-refractivity contribution >= 4 is 12.3 Å². The standard InChI is InChI=1S/C7H5F9N2O2/c1-2-17-20-3(19)18-4(5(8,9)10,6(11,12)13)7(14,15)16/h2H,1H3,(H,18,19). The van der Waals surface area contributed by atoms with Gasteiger partial charge in [0.2, 0.25) is 0 Å². The van der Waals surface area contributed by atoms with Gasteiger partial charge in [0, 0.05) is 6.21 Å². The SMILES string of the molecule is CC=NOC(=O)NC(C(F)(F)F)(C(F)(F)F)C(F)(F)F. The zero-order valence-electron chi connectivity index (χ0n) is 9.24. The van der Waals surface area contributed by atoms with E-state index in [9.17, 15) is 44.3 Å². The monoisotopic (exact) mass is 320 g/mol. The third-order valence-corrected chi connectivity index (χ3v) is 1.81. The molecule has 4 nitrogen and oxygen atoms in total. The molecule has 0 aromatic rings. The molecule has 0 rings (SSSR count). The summed E-state index contributed by atoms with van der Waals surface area (Å²) in [5.74, 6) is 0. The molecule has 13 heteroatoms. The summed E-state index contributed by atoms with van der Waals surface area (Å²) in [4.78, 5) is 14.0. The Morgan fingerprint density at radius 3 is 1.55 bits per heavy atom. The number of oxime groups is 1. The van der Waals surface area contributed by atoms with Gasteiger partial charge in [0.25, 0.3) is 0 Å². The molecule has 20 heavy (non-hydrogen) atoms. The van der Waals surface area contributed by atoms with Crippen molar-refractivity contribution in [2.45, 2.75) is 31.0 Å². The first-order valence-corrected chi connectivity index (χ1v) is 4.38. The molecule has 0 saturated carbocycles. The summed E-state index contributed by atoms with van der Waals surface area (Å²) in [5.41, 5.74) is -6.46. The van der Waals surface area contributed by atoms with Gasteiger partial charge in [-0.2, -0.15) is 39.5 Å². The summed E-state index contributed by atoms with van der Waals surface area (Å²) >= 11 is 0. The second kappa shape index (κ2) is 5.36. The molecule has 0 unspecified atom stereocenters. The number of carbonyl (C=O) groups excluding carboxylic acids is 1. The molecule has 0 aliphatic rings. The van der Waals surface area contributed by atoms with E-state index in [4.69, 9.17) is 0 Å². The topological polar surface area (TPSA) is 50.7 Å². The van der Waals surface area contributed by atoms with Crippen molar-refractivity contribution < 1.29 is 49.1 Å². The number of alkyl halides is 9. The van der Waals surface area contributed by atoms with Crippen molar-refractivity contribution in [2.75, 3.05) is 0 Å². The van der Waals surface area contributed by atoms with E-state index in [2.05, 4.69) is 9.99 Å². The highest BCUT2D eigenvalue weighted by Gasteiger charge is 2.85. The van der Waals surface area contributed by atoms with E-state index in [1.54, 1.807) is 0 Å². The van der Waals surface area contributed by atoms with Crippen LogP contribution in [0.4, 0.5) is 44.3 Å². The molecule has 1 N–H and O–H groups in total. The van der Waals surface area contributed by atoms with E-state index in [1.807, 2.05) is 0 Å². The highest BCUT2D eigenvalue weighted by molar-refractivity contribution is 5.69. The van der Waals surface area contributed by atoms with Crippen LogP contribution < -0.4 is 5.32 Å². The Hall–Kier alpha value is -1.69. The molecule has 0 aromatic carbocycles. The van der Waals surface area contributed by atoms with Gasteiger partial charge in [-0.15, -0.1) is 0 Å². The third-order valence-electron chi connectivity index (χ3n) is 1.81. The second-order valence-corrected chi connectivity index (χ2v) is 3.11. The van der Waals surface area contributed by atoms with E-state index < -0.39 is 30.2 Å². The quantitative estimate of drug-likeness (QED) is 0.368. The van der Waals surface area contributed by atoms with E-state index >= 15 is 0 Å². The van der Waals surface area contributed by atoms with Crippen LogP contribution in [0.1, 0.15) is 6.92 Å². The molecule has 0 aliphatic heterocycles. The van der Waals surface area contributed by atoms with Crippen LogP contribution >= 0.6 is 0 Å². The van der Waals surface area contributed by atoms with E-state index in [0.29, 0.717) is 6.21 Å². The fourth-order valence-electron chi connectivity index (χ4n) is 0.971. The summed E-state index contributed by atoms with van der Waals surface area (Å²) in [7, 11) is 0. The van der Waals surface area contributed by atoms with Crippen LogP contribution in [0.5, 0.6) is 0 Å². The number of rotatable bonds is 2. The fraction of sp³-hybridized carbons (Fsp3) is 0.714. The summed E-state index contributed by atoms with van der Waals surface area (Å²) < 4.78 is 111. The minimum absolute atomic E-state index is 0.265. The number of nitrogens with zero attached hydrogens (tertiary/aromatic N) is 1. The van der Waals surface area contributed by atoms with Gasteiger partial charge in [0.05, 0.1) is 0 Å². The third kappa shape index (κ3) is 3.25. The molecular weight excluding hydrogens is 315 g/mol. The van der Waals surface area contributed by atoms with E-state index in [-0.39, 0.29) is 5.32 Å². The van der Waals surface area contributed by atoms with Crippen LogP contribution in [-0.4, -0.2) is 36.4 Å². The zero-order valence-corrected chi connectivity index (χ0v) is 9.24. The maximum absolute atomic E-state index is 12.3. The molecule has 0 bridgehead atoms. The van der Waals surface area contributed by atoms with Crippen LogP contribution in [0.25, 0.3) is 0 Å². The van der Waals surface area contributed by atoms with E-state index in [1.165, 1.54) is 0 Å². The zero-order chi connectivity index (χ0) is 16.4. The highest BCUT2D eigenvalue weighted by atomic mass is 19.4. The van der Waals surface area contributed by atoms with Crippen molar-refractivity contribution in [1.82, 2.24) is 5.32 Å². The van der Waals surface area contributed by atoms with Crippen molar-refractivity contribution in [3.63, 3.8) is 0 Å². The Bertz CT molecular complexity index is 345. The molecule has 0 atom stereocenters. The largest absolute Gasteiger partial charge is 0.434 e. The van der Waals surface area contributed by atoms with Crippen LogP contribution in [0, 0.1) is 0 Å². The van der Waals surface area contributed by atoms with Crippen LogP contribution in [0.3, 0.4) is 0 Å². The van der Waals surface area contributed by atoms with Crippen molar-refractivity contribution in [1.29, 1.82) is 0 Å². The van der Waals surface area contributed by atoms with Gasteiger partial charge in [-0.3, -0.25) is 10.2 Å². The van der Waals surface area contributed by atoms with Gasteiger partial charge in [-0.05, 0) is 6.92 Å². The van der Waals surface area contributed by atoms with Gasteiger partial charge in [0.15, 0.2) is 0 Å². The van der Waals surface area contributed by atoms with Crippen LogP contribution in [0.15, 0.2) is 5.16 Å². The molecule has 0 radical (unpaired) electrons. The van der Waals surface area contributed by atoms with Gasteiger partial charge < -0.3 is 0 Å². The lowest BCUT2D eigenvalue weighted by Crippen LogP contribution is -2.75. The Kier molecular flexibility index (Phi) is 4.91. The summed E-state index contributed by atoms with van der Waals surface area (Å²) in [6, 6.07) is 0. The lowest BCUT2D eigenvalue weighted by Gasteiger charge is -2.37. The number of hydrogen-bond acceptors (Lipinski definition) is 3. The Labute approximate surface area is 104 Å². The minimum atomic E-state index is -6.90. The van der Waals surface area contributed by atoms with Gasteiger partial charge in [-0.25, -0.2) is 4.79 Å². The lowest BCUT2D eigenvalue weighted by atomic mass is 9.97. The van der Waals surface area contributed by atoms with Gasteiger partial charge in [0.1, 0.15) is 0 Å².